The van der Waals surface area contributed by atoms with Gasteiger partial charge in [-0.3, -0.25) is 14.9 Å². The Labute approximate surface area is 135 Å². The van der Waals surface area contributed by atoms with Gasteiger partial charge in [-0.2, -0.15) is 5.10 Å². The zero-order valence-corrected chi connectivity index (χ0v) is 13.0. The van der Waals surface area contributed by atoms with E-state index in [1.165, 1.54) is 41.5 Å². The highest BCUT2D eigenvalue weighted by Gasteiger charge is 2.34. The van der Waals surface area contributed by atoms with Crippen molar-refractivity contribution < 1.29 is 14.8 Å². The van der Waals surface area contributed by atoms with Crippen molar-refractivity contribution in [2.45, 2.75) is 19.4 Å². The van der Waals surface area contributed by atoms with Crippen molar-refractivity contribution in [3.05, 3.63) is 56.3 Å². The number of phenols is 1. The van der Waals surface area contributed by atoms with Gasteiger partial charge in [-0.15, -0.1) is 11.3 Å². The van der Waals surface area contributed by atoms with E-state index in [9.17, 15) is 20.0 Å². The number of aromatic hydroxyl groups is 1. The summed E-state index contributed by atoms with van der Waals surface area (Å²) in [7, 11) is 0. The number of nitro groups is 1. The van der Waals surface area contributed by atoms with Crippen LogP contribution in [0.25, 0.3) is 0 Å². The van der Waals surface area contributed by atoms with Gasteiger partial charge in [0.05, 0.1) is 21.6 Å². The molecule has 7 nitrogen and oxygen atoms in total. The van der Waals surface area contributed by atoms with Crippen molar-refractivity contribution in [3.63, 3.8) is 0 Å². The molecule has 2 aromatic rings. The van der Waals surface area contributed by atoms with Crippen LogP contribution in [-0.2, 0) is 4.79 Å². The lowest BCUT2D eigenvalue weighted by molar-refractivity contribution is -0.385. The van der Waals surface area contributed by atoms with Gasteiger partial charge >= 0.3 is 0 Å². The lowest BCUT2D eigenvalue weighted by Gasteiger charge is -2.21. The molecule has 1 atom stereocenters. The summed E-state index contributed by atoms with van der Waals surface area (Å²) in [6.45, 7) is 1.38. The van der Waals surface area contributed by atoms with E-state index in [-0.39, 0.29) is 17.3 Å². The van der Waals surface area contributed by atoms with Crippen LogP contribution < -0.4 is 0 Å². The van der Waals surface area contributed by atoms with Crippen LogP contribution in [-0.4, -0.2) is 26.7 Å². The van der Waals surface area contributed by atoms with E-state index >= 15 is 0 Å². The number of rotatable bonds is 3. The molecule has 8 heteroatoms. The van der Waals surface area contributed by atoms with E-state index in [0.717, 1.165) is 10.6 Å². The predicted octanol–water partition coefficient (Wildman–Crippen LogP) is 3.06. The molecule has 1 amide bonds. The van der Waals surface area contributed by atoms with Crippen LogP contribution in [0.4, 0.5) is 5.69 Å². The summed E-state index contributed by atoms with van der Waals surface area (Å²) in [4.78, 5) is 23.2. The molecular weight excluding hydrogens is 318 g/mol. The molecule has 0 spiro atoms. The average Bonchev–Trinajstić information content (AvgIpc) is 3.16. The summed E-state index contributed by atoms with van der Waals surface area (Å²) < 4.78 is 0. The van der Waals surface area contributed by atoms with Gasteiger partial charge in [-0.25, -0.2) is 5.01 Å². The number of hydrogen-bond acceptors (Lipinski definition) is 6. The predicted molar refractivity (Wildman–Crippen MR) is 85.5 cm³/mol. The molecular formula is C15H13N3O4S. The first kappa shape index (κ1) is 15.2. The molecule has 0 saturated carbocycles. The molecule has 118 valence electrons. The molecule has 3 rings (SSSR count). The Balaban J connectivity index is 2.01. The minimum absolute atomic E-state index is 0.0884. The number of carbonyl (C=O) groups is 1. The van der Waals surface area contributed by atoms with Gasteiger partial charge in [-0.1, -0.05) is 6.07 Å². The van der Waals surface area contributed by atoms with E-state index in [1.54, 1.807) is 0 Å². The normalized spacial score (nSPS) is 17.2. The quantitative estimate of drug-likeness (QED) is 0.690. The Hall–Kier alpha value is -2.74. The Morgan fingerprint density at radius 2 is 2.26 bits per heavy atom. The number of thiophene rings is 1. The van der Waals surface area contributed by atoms with Crippen molar-refractivity contribution in [2.75, 3.05) is 0 Å². The zero-order chi connectivity index (χ0) is 16.6. The first-order chi connectivity index (χ1) is 11.0. The van der Waals surface area contributed by atoms with E-state index < -0.39 is 11.0 Å². The van der Waals surface area contributed by atoms with Crippen LogP contribution in [0.2, 0.25) is 0 Å². The molecule has 0 radical (unpaired) electrons. The summed E-state index contributed by atoms with van der Waals surface area (Å²) in [6, 6.07) is 7.03. The van der Waals surface area contributed by atoms with Crippen molar-refractivity contribution >= 4 is 28.6 Å². The highest BCUT2D eigenvalue weighted by Crippen LogP contribution is 2.39. The molecule has 23 heavy (non-hydrogen) atoms. The standard InChI is InChI=1S/C15H13N3O4S/c1-9(19)17-13(8-12(16-17)15-3-2-6-23-15)11-7-10(18(21)22)4-5-14(11)20/h2-7,13,20H,8H2,1H3. The van der Waals surface area contributed by atoms with Crippen molar-refractivity contribution in [3.8, 4) is 5.75 Å². The van der Waals surface area contributed by atoms with Crippen molar-refractivity contribution in [1.29, 1.82) is 0 Å². The van der Waals surface area contributed by atoms with Crippen LogP contribution in [0, 0.1) is 10.1 Å². The first-order valence-electron chi connectivity index (χ1n) is 6.86. The Morgan fingerprint density at radius 3 is 2.87 bits per heavy atom. The molecule has 0 saturated heterocycles. The second-order valence-electron chi connectivity index (χ2n) is 5.11. The number of carbonyl (C=O) groups excluding carboxylic acids is 1. The number of phenolic OH excluding ortho intramolecular Hbond substituents is 1. The first-order valence-corrected chi connectivity index (χ1v) is 7.74. The third kappa shape index (κ3) is 2.80. The average molecular weight is 331 g/mol. The molecule has 1 aliphatic heterocycles. The summed E-state index contributed by atoms with van der Waals surface area (Å²) in [6.07, 6.45) is 0.398. The van der Waals surface area contributed by atoms with Gasteiger partial charge in [0.1, 0.15) is 5.75 Å². The van der Waals surface area contributed by atoms with Gasteiger partial charge < -0.3 is 5.11 Å². The van der Waals surface area contributed by atoms with Crippen LogP contribution >= 0.6 is 11.3 Å². The Kier molecular flexibility index (Phi) is 3.83. The van der Waals surface area contributed by atoms with E-state index in [0.29, 0.717) is 12.0 Å². The van der Waals surface area contributed by atoms with Gasteiger partial charge in [0.2, 0.25) is 5.91 Å². The minimum Gasteiger partial charge on any atom is -0.508 e. The van der Waals surface area contributed by atoms with Crippen LogP contribution in [0.5, 0.6) is 5.75 Å². The highest BCUT2D eigenvalue weighted by atomic mass is 32.1. The summed E-state index contributed by atoms with van der Waals surface area (Å²) in [5.74, 6) is -0.373. The maximum Gasteiger partial charge on any atom is 0.270 e. The lowest BCUT2D eigenvalue weighted by Crippen LogP contribution is -2.24. The lowest BCUT2D eigenvalue weighted by atomic mass is 9.99. The maximum atomic E-state index is 11.9. The van der Waals surface area contributed by atoms with E-state index in [4.69, 9.17) is 0 Å². The van der Waals surface area contributed by atoms with Gasteiger partial charge in [0.15, 0.2) is 0 Å². The number of hydrogen-bond donors (Lipinski definition) is 1. The monoisotopic (exact) mass is 331 g/mol. The van der Waals surface area contributed by atoms with Gasteiger partial charge in [0, 0.05) is 31.0 Å². The SMILES string of the molecule is CC(=O)N1N=C(c2cccs2)CC1c1cc([N+](=O)[O-])ccc1O. The fraction of sp³-hybridized carbons (Fsp3) is 0.200. The largest absolute Gasteiger partial charge is 0.508 e. The third-order valence-corrected chi connectivity index (χ3v) is 4.54. The Morgan fingerprint density at radius 1 is 1.48 bits per heavy atom. The molecule has 1 aromatic heterocycles. The molecule has 1 aromatic carbocycles. The third-order valence-electron chi connectivity index (χ3n) is 3.62. The second kappa shape index (κ2) is 5.81. The summed E-state index contributed by atoms with van der Waals surface area (Å²) >= 11 is 1.50. The molecule has 1 aliphatic rings. The molecule has 0 bridgehead atoms. The van der Waals surface area contributed by atoms with Crippen LogP contribution in [0.1, 0.15) is 29.8 Å². The van der Waals surface area contributed by atoms with Gasteiger partial charge in [-0.05, 0) is 17.5 Å². The second-order valence-corrected chi connectivity index (χ2v) is 6.06. The molecule has 0 aliphatic carbocycles. The number of hydrazone groups is 1. The number of nitrogens with zero attached hydrogens (tertiary/aromatic N) is 3. The minimum atomic E-state index is -0.551. The van der Waals surface area contributed by atoms with Crippen LogP contribution in [0.3, 0.4) is 0 Å². The van der Waals surface area contributed by atoms with Crippen LogP contribution in [0.15, 0.2) is 40.8 Å². The highest BCUT2D eigenvalue weighted by molar-refractivity contribution is 7.12. The molecule has 2 heterocycles. The number of nitro benzene ring substituents is 1. The number of non-ortho nitro benzene ring substituents is 1. The van der Waals surface area contributed by atoms with Gasteiger partial charge in [0.25, 0.3) is 5.69 Å². The van der Waals surface area contributed by atoms with Crippen molar-refractivity contribution in [2.24, 2.45) is 5.10 Å². The zero-order valence-electron chi connectivity index (χ0n) is 12.2. The summed E-state index contributed by atoms with van der Waals surface area (Å²) in [5, 5.41) is 28.6. The van der Waals surface area contributed by atoms with E-state index in [2.05, 4.69) is 5.10 Å². The summed E-state index contributed by atoms with van der Waals surface area (Å²) in [5.41, 5.74) is 0.918. The fourth-order valence-corrected chi connectivity index (χ4v) is 3.28. The smallest absolute Gasteiger partial charge is 0.270 e. The molecule has 1 N–H and O–H groups in total. The maximum absolute atomic E-state index is 11.9. The molecule has 0 fully saturated rings. The van der Waals surface area contributed by atoms with E-state index in [1.807, 2.05) is 17.5 Å². The number of amides is 1. The number of benzene rings is 1. The fourth-order valence-electron chi connectivity index (χ4n) is 2.56. The molecule has 1 unspecified atom stereocenters. The topological polar surface area (TPSA) is 96.0 Å². The van der Waals surface area contributed by atoms with Crippen molar-refractivity contribution in [1.82, 2.24) is 5.01 Å². The Bertz CT molecular complexity index is 801.